The molecule has 2 amide bonds. The second-order valence-electron chi connectivity index (χ2n) is 6.69. The molecule has 1 N–H and O–H groups in total. The van der Waals surface area contributed by atoms with Crippen LogP contribution in [0.2, 0.25) is 5.02 Å². The Morgan fingerprint density at radius 2 is 2.00 bits per heavy atom. The van der Waals surface area contributed by atoms with Crippen molar-refractivity contribution in [3.8, 4) is 5.75 Å². The number of rotatable bonds is 6. The molecule has 1 aliphatic heterocycles. The van der Waals surface area contributed by atoms with Gasteiger partial charge in [0, 0.05) is 23.7 Å². The maximum Gasteiger partial charge on any atom is 0.311 e. The van der Waals surface area contributed by atoms with Gasteiger partial charge < -0.3 is 19.7 Å². The lowest BCUT2D eigenvalue weighted by Gasteiger charge is -2.19. The molecule has 0 saturated carbocycles. The van der Waals surface area contributed by atoms with Gasteiger partial charge in [0.15, 0.2) is 6.61 Å². The van der Waals surface area contributed by atoms with E-state index in [4.69, 9.17) is 21.1 Å². The second-order valence-corrected chi connectivity index (χ2v) is 7.13. The van der Waals surface area contributed by atoms with E-state index in [2.05, 4.69) is 5.32 Å². The topological polar surface area (TPSA) is 84.9 Å². The van der Waals surface area contributed by atoms with Crippen LogP contribution in [0.4, 0.5) is 11.4 Å². The molecule has 8 heteroatoms. The Labute approximate surface area is 173 Å². The largest absolute Gasteiger partial charge is 0.495 e. The number of aryl methyl sites for hydroxylation is 1. The second kappa shape index (κ2) is 8.96. The van der Waals surface area contributed by atoms with Crippen LogP contribution in [0.1, 0.15) is 12.0 Å². The van der Waals surface area contributed by atoms with E-state index in [9.17, 15) is 14.4 Å². The highest BCUT2D eigenvalue weighted by Crippen LogP contribution is 2.35. The fourth-order valence-corrected chi connectivity index (χ4v) is 3.29. The first kappa shape index (κ1) is 20.7. The SMILES string of the molecule is COc1ccc(Cl)cc1N1C[C@@H](C(=O)OCC(=O)Nc2ccccc2C)CC1=O. The number of carbonyl (C=O) groups is 3. The van der Waals surface area contributed by atoms with Crippen LogP contribution in [0, 0.1) is 12.8 Å². The lowest BCUT2D eigenvalue weighted by atomic mass is 10.1. The van der Waals surface area contributed by atoms with Gasteiger partial charge in [-0.25, -0.2) is 0 Å². The number of para-hydroxylation sites is 1. The number of esters is 1. The fourth-order valence-electron chi connectivity index (χ4n) is 3.13. The molecule has 0 unspecified atom stereocenters. The molecule has 1 aliphatic rings. The van der Waals surface area contributed by atoms with E-state index < -0.39 is 24.4 Å². The monoisotopic (exact) mass is 416 g/mol. The predicted molar refractivity (Wildman–Crippen MR) is 109 cm³/mol. The lowest BCUT2D eigenvalue weighted by Crippen LogP contribution is -2.28. The summed E-state index contributed by atoms with van der Waals surface area (Å²) in [6.07, 6.45) is -0.00604. The van der Waals surface area contributed by atoms with Crippen LogP contribution in [0.25, 0.3) is 0 Å². The van der Waals surface area contributed by atoms with E-state index in [-0.39, 0.29) is 18.9 Å². The van der Waals surface area contributed by atoms with E-state index in [1.54, 1.807) is 30.3 Å². The highest BCUT2D eigenvalue weighted by molar-refractivity contribution is 6.31. The standard InChI is InChI=1S/C21H21ClN2O5/c1-13-5-3-4-6-16(13)23-19(25)12-29-21(27)14-9-20(26)24(11-14)17-10-15(22)7-8-18(17)28-2/h3-8,10,14H,9,11-12H2,1-2H3,(H,23,25)/t14-/m0/s1. The number of halogens is 1. The van der Waals surface area contributed by atoms with E-state index in [1.807, 2.05) is 19.1 Å². The molecule has 1 heterocycles. The molecule has 2 aromatic carbocycles. The molecule has 0 aromatic heterocycles. The van der Waals surface area contributed by atoms with E-state index in [0.29, 0.717) is 22.1 Å². The van der Waals surface area contributed by atoms with Crippen molar-refractivity contribution in [2.24, 2.45) is 5.92 Å². The number of benzene rings is 2. The number of hydrogen-bond acceptors (Lipinski definition) is 5. The normalized spacial score (nSPS) is 15.9. The molecule has 1 saturated heterocycles. The summed E-state index contributed by atoms with van der Waals surface area (Å²) in [6.45, 7) is 1.58. The molecule has 0 aliphatic carbocycles. The van der Waals surface area contributed by atoms with Crippen molar-refractivity contribution in [1.82, 2.24) is 0 Å². The van der Waals surface area contributed by atoms with Crippen molar-refractivity contribution in [1.29, 1.82) is 0 Å². The summed E-state index contributed by atoms with van der Waals surface area (Å²) < 4.78 is 10.4. The van der Waals surface area contributed by atoms with Crippen molar-refractivity contribution in [2.75, 3.05) is 30.5 Å². The maximum absolute atomic E-state index is 12.4. The zero-order chi connectivity index (χ0) is 21.0. The Morgan fingerprint density at radius 1 is 1.24 bits per heavy atom. The van der Waals surface area contributed by atoms with Gasteiger partial charge in [-0.2, -0.15) is 0 Å². The molecule has 29 heavy (non-hydrogen) atoms. The number of anilines is 2. The average Bonchev–Trinajstić information content (AvgIpc) is 3.09. The van der Waals surface area contributed by atoms with Gasteiger partial charge in [-0.3, -0.25) is 14.4 Å². The van der Waals surface area contributed by atoms with Gasteiger partial charge in [0.1, 0.15) is 5.75 Å². The van der Waals surface area contributed by atoms with Crippen LogP contribution < -0.4 is 15.0 Å². The number of hydrogen-bond donors (Lipinski definition) is 1. The molecule has 7 nitrogen and oxygen atoms in total. The summed E-state index contributed by atoms with van der Waals surface area (Å²) in [6, 6.07) is 12.2. The van der Waals surface area contributed by atoms with Gasteiger partial charge >= 0.3 is 5.97 Å². The molecule has 0 bridgehead atoms. The minimum atomic E-state index is -0.669. The van der Waals surface area contributed by atoms with Crippen LogP contribution in [0.3, 0.4) is 0 Å². The fraction of sp³-hybridized carbons (Fsp3) is 0.286. The van der Waals surface area contributed by atoms with Crippen LogP contribution in [-0.4, -0.2) is 38.0 Å². The van der Waals surface area contributed by atoms with E-state index in [0.717, 1.165) is 5.56 Å². The number of nitrogens with one attached hydrogen (secondary N) is 1. The first-order valence-corrected chi connectivity index (χ1v) is 9.43. The highest BCUT2D eigenvalue weighted by atomic mass is 35.5. The number of methoxy groups -OCH3 is 1. The Balaban J connectivity index is 1.59. The van der Waals surface area contributed by atoms with E-state index in [1.165, 1.54) is 12.0 Å². The van der Waals surface area contributed by atoms with Gasteiger partial charge in [-0.05, 0) is 36.8 Å². The Hall–Kier alpha value is -3.06. The van der Waals surface area contributed by atoms with Crippen molar-refractivity contribution in [2.45, 2.75) is 13.3 Å². The van der Waals surface area contributed by atoms with Gasteiger partial charge in [-0.1, -0.05) is 29.8 Å². The minimum absolute atomic E-state index is 0.00604. The molecular formula is C21H21ClN2O5. The molecule has 0 spiro atoms. The summed E-state index contributed by atoms with van der Waals surface area (Å²) in [5, 5.41) is 3.15. The smallest absolute Gasteiger partial charge is 0.311 e. The Morgan fingerprint density at radius 3 is 2.72 bits per heavy atom. The zero-order valence-corrected chi connectivity index (χ0v) is 16.9. The first-order chi connectivity index (χ1) is 13.9. The summed E-state index contributed by atoms with van der Waals surface area (Å²) >= 11 is 6.03. The third kappa shape index (κ3) is 4.86. The number of ether oxygens (including phenoxy) is 2. The highest BCUT2D eigenvalue weighted by Gasteiger charge is 2.37. The van der Waals surface area contributed by atoms with Crippen LogP contribution in [0.5, 0.6) is 5.75 Å². The summed E-state index contributed by atoms with van der Waals surface area (Å²) in [5.74, 6) is -1.46. The predicted octanol–water partition coefficient (Wildman–Crippen LogP) is 3.19. The Bertz CT molecular complexity index is 946. The number of nitrogens with zero attached hydrogens (tertiary/aromatic N) is 1. The van der Waals surface area contributed by atoms with Crippen molar-refractivity contribution >= 4 is 40.8 Å². The molecule has 0 radical (unpaired) electrons. The first-order valence-electron chi connectivity index (χ1n) is 9.05. The van der Waals surface area contributed by atoms with E-state index >= 15 is 0 Å². The average molecular weight is 417 g/mol. The molecule has 1 atom stereocenters. The van der Waals surface area contributed by atoms with Crippen molar-refractivity contribution < 1.29 is 23.9 Å². The quantitative estimate of drug-likeness (QED) is 0.731. The number of amides is 2. The van der Waals surface area contributed by atoms with Crippen LogP contribution >= 0.6 is 11.6 Å². The van der Waals surface area contributed by atoms with Crippen LogP contribution in [-0.2, 0) is 19.1 Å². The minimum Gasteiger partial charge on any atom is -0.495 e. The van der Waals surface area contributed by atoms with Gasteiger partial charge in [0.25, 0.3) is 5.91 Å². The molecule has 152 valence electrons. The molecule has 1 fully saturated rings. The Kier molecular flexibility index (Phi) is 6.39. The lowest BCUT2D eigenvalue weighted by molar-refractivity contribution is -0.151. The molecule has 2 aromatic rings. The third-order valence-corrected chi connectivity index (χ3v) is 4.89. The summed E-state index contributed by atoms with van der Waals surface area (Å²) in [5.41, 5.74) is 2.06. The third-order valence-electron chi connectivity index (χ3n) is 4.65. The molecule has 3 rings (SSSR count). The molecular weight excluding hydrogens is 396 g/mol. The van der Waals surface area contributed by atoms with Crippen LogP contribution in [0.15, 0.2) is 42.5 Å². The van der Waals surface area contributed by atoms with Gasteiger partial charge in [0.05, 0.1) is 18.7 Å². The summed E-state index contributed by atoms with van der Waals surface area (Å²) in [4.78, 5) is 38.3. The van der Waals surface area contributed by atoms with Gasteiger partial charge in [-0.15, -0.1) is 0 Å². The number of carbonyl (C=O) groups excluding carboxylic acids is 3. The van der Waals surface area contributed by atoms with Crippen molar-refractivity contribution in [3.63, 3.8) is 0 Å². The maximum atomic E-state index is 12.4. The van der Waals surface area contributed by atoms with Gasteiger partial charge in [0.2, 0.25) is 5.91 Å². The van der Waals surface area contributed by atoms with Crippen molar-refractivity contribution in [3.05, 3.63) is 53.1 Å². The summed E-state index contributed by atoms with van der Waals surface area (Å²) in [7, 11) is 1.49. The zero-order valence-electron chi connectivity index (χ0n) is 16.1.